The fraction of sp³-hybridized carbons (Fsp3) is 0.125. The maximum absolute atomic E-state index is 14.0. The van der Waals surface area contributed by atoms with E-state index in [4.69, 9.17) is 14.7 Å². The van der Waals surface area contributed by atoms with Gasteiger partial charge in [0.25, 0.3) is 11.6 Å². The molecule has 0 saturated heterocycles. The van der Waals surface area contributed by atoms with Crippen molar-refractivity contribution in [3.05, 3.63) is 97.3 Å². The van der Waals surface area contributed by atoms with Crippen LogP contribution in [0.15, 0.2) is 64.2 Å². The molecule has 0 aromatic heterocycles. The first-order chi connectivity index (χ1) is 16.8. The van der Waals surface area contributed by atoms with Crippen molar-refractivity contribution in [2.24, 2.45) is 5.10 Å². The SMILES string of the molecule is CCOc1cc(/C=N\NC(=O)c2ccc(C#N)cc2F)c(Br)cc1OCc1ccc([N+](=O)[O-])cc1. The van der Waals surface area contributed by atoms with Crippen LogP contribution in [0.2, 0.25) is 0 Å². The normalized spacial score (nSPS) is 10.6. The molecule has 3 aromatic rings. The number of nitro benzene ring substituents is 1. The van der Waals surface area contributed by atoms with Crippen LogP contribution in [0.4, 0.5) is 10.1 Å². The Morgan fingerprint density at radius 2 is 1.91 bits per heavy atom. The van der Waals surface area contributed by atoms with Gasteiger partial charge in [0.05, 0.1) is 34.9 Å². The standard InChI is InChI=1S/C24H18BrFN4O5/c1-2-34-22-10-17(13-28-29-24(31)19-8-5-16(12-27)9-21(19)26)20(25)11-23(22)35-14-15-3-6-18(7-4-15)30(32)33/h3-11,13H,2,14H2,1H3,(H,29,31)/b28-13-. The first-order valence-electron chi connectivity index (χ1n) is 10.2. The molecule has 1 N–H and O–H groups in total. The molecule has 3 rings (SSSR count). The van der Waals surface area contributed by atoms with E-state index in [0.29, 0.717) is 28.1 Å². The van der Waals surface area contributed by atoms with Crippen molar-refractivity contribution in [2.45, 2.75) is 13.5 Å². The molecular formula is C24H18BrFN4O5. The van der Waals surface area contributed by atoms with Crippen molar-refractivity contribution in [1.29, 1.82) is 5.26 Å². The lowest BCUT2D eigenvalue weighted by molar-refractivity contribution is -0.384. The first kappa shape index (κ1) is 25.3. The van der Waals surface area contributed by atoms with Gasteiger partial charge in [0.15, 0.2) is 11.5 Å². The maximum atomic E-state index is 14.0. The highest BCUT2D eigenvalue weighted by Crippen LogP contribution is 2.34. The predicted molar refractivity (Wildman–Crippen MR) is 129 cm³/mol. The third kappa shape index (κ3) is 6.61. The van der Waals surface area contributed by atoms with E-state index in [2.05, 4.69) is 26.5 Å². The van der Waals surface area contributed by atoms with E-state index >= 15 is 0 Å². The molecule has 0 aliphatic rings. The number of nitrogens with one attached hydrogen (secondary N) is 1. The number of hydrogen-bond acceptors (Lipinski definition) is 7. The fourth-order valence-electron chi connectivity index (χ4n) is 2.90. The van der Waals surface area contributed by atoms with E-state index in [9.17, 15) is 19.3 Å². The topological polar surface area (TPSA) is 127 Å². The van der Waals surface area contributed by atoms with Crippen molar-refractivity contribution in [1.82, 2.24) is 5.43 Å². The number of hydrazone groups is 1. The second-order valence-electron chi connectivity index (χ2n) is 6.97. The Labute approximate surface area is 208 Å². The van der Waals surface area contributed by atoms with Gasteiger partial charge in [-0.05, 0) is 70.9 Å². The number of rotatable bonds is 9. The van der Waals surface area contributed by atoms with Crippen molar-refractivity contribution in [2.75, 3.05) is 6.61 Å². The highest BCUT2D eigenvalue weighted by Gasteiger charge is 2.13. The summed E-state index contributed by atoms with van der Waals surface area (Å²) in [4.78, 5) is 22.5. The molecule has 0 aliphatic heterocycles. The van der Waals surface area contributed by atoms with Gasteiger partial charge >= 0.3 is 0 Å². The Bertz CT molecular complexity index is 1320. The summed E-state index contributed by atoms with van der Waals surface area (Å²) in [6.07, 6.45) is 1.35. The zero-order valence-corrected chi connectivity index (χ0v) is 19.9. The van der Waals surface area contributed by atoms with Crippen LogP contribution in [0.5, 0.6) is 11.5 Å². The van der Waals surface area contributed by atoms with E-state index in [1.54, 1.807) is 30.3 Å². The van der Waals surface area contributed by atoms with Crippen molar-refractivity contribution < 1.29 is 23.6 Å². The summed E-state index contributed by atoms with van der Waals surface area (Å²) in [6.45, 7) is 2.33. The minimum atomic E-state index is -0.828. The molecule has 11 heteroatoms. The Morgan fingerprint density at radius 1 is 1.20 bits per heavy atom. The second-order valence-corrected chi connectivity index (χ2v) is 7.83. The Balaban J connectivity index is 1.72. The molecule has 1 amide bonds. The lowest BCUT2D eigenvalue weighted by atomic mass is 10.1. The molecule has 0 unspecified atom stereocenters. The Morgan fingerprint density at radius 3 is 2.54 bits per heavy atom. The molecule has 0 fully saturated rings. The zero-order valence-electron chi connectivity index (χ0n) is 18.3. The maximum Gasteiger partial charge on any atom is 0.274 e. The average Bonchev–Trinajstić information content (AvgIpc) is 2.84. The highest BCUT2D eigenvalue weighted by atomic mass is 79.9. The van der Waals surface area contributed by atoms with E-state index in [1.807, 2.05) is 6.92 Å². The van der Waals surface area contributed by atoms with Crippen LogP contribution in [-0.4, -0.2) is 23.7 Å². The summed E-state index contributed by atoms with van der Waals surface area (Å²) < 4.78 is 26.1. The van der Waals surface area contributed by atoms with Gasteiger partial charge in [-0.25, -0.2) is 9.82 Å². The van der Waals surface area contributed by atoms with Crippen LogP contribution in [-0.2, 0) is 6.61 Å². The fourth-order valence-corrected chi connectivity index (χ4v) is 3.32. The van der Waals surface area contributed by atoms with Gasteiger partial charge in [-0.15, -0.1) is 0 Å². The minimum Gasteiger partial charge on any atom is -0.490 e. The van der Waals surface area contributed by atoms with Crippen molar-refractivity contribution in [3.63, 3.8) is 0 Å². The van der Waals surface area contributed by atoms with E-state index in [0.717, 1.165) is 11.6 Å². The number of halogens is 2. The Hall–Kier alpha value is -4.30. The van der Waals surface area contributed by atoms with Crippen LogP contribution in [0, 0.1) is 27.3 Å². The first-order valence-corrected chi connectivity index (χ1v) is 11.0. The predicted octanol–water partition coefficient (Wildman–Crippen LogP) is 5.11. The number of ether oxygens (including phenoxy) is 2. The lowest BCUT2D eigenvalue weighted by Gasteiger charge is -2.14. The van der Waals surface area contributed by atoms with Gasteiger partial charge in [0.2, 0.25) is 0 Å². The van der Waals surface area contributed by atoms with Gasteiger partial charge in [-0.2, -0.15) is 10.4 Å². The van der Waals surface area contributed by atoms with Crippen molar-refractivity contribution >= 4 is 33.7 Å². The van der Waals surface area contributed by atoms with Crippen LogP contribution >= 0.6 is 15.9 Å². The van der Waals surface area contributed by atoms with Crippen LogP contribution in [0.25, 0.3) is 0 Å². The number of nitrogens with zero attached hydrogens (tertiary/aromatic N) is 3. The molecule has 0 spiro atoms. The number of hydrogen-bond donors (Lipinski definition) is 1. The summed E-state index contributed by atoms with van der Waals surface area (Å²) in [6, 6.07) is 14.6. The molecule has 0 saturated carbocycles. The Kier molecular flexibility index (Phi) is 8.48. The number of benzene rings is 3. The number of carbonyl (C=O) groups is 1. The minimum absolute atomic E-state index is 0.0100. The molecule has 0 atom stereocenters. The molecule has 0 bridgehead atoms. The highest BCUT2D eigenvalue weighted by molar-refractivity contribution is 9.10. The van der Waals surface area contributed by atoms with Gasteiger partial charge in [0.1, 0.15) is 12.4 Å². The van der Waals surface area contributed by atoms with Crippen LogP contribution < -0.4 is 14.9 Å². The molecule has 0 radical (unpaired) electrons. The summed E-state index contributed by atoms with van der Waals surface area (Å²) in [5.41, 5.74) is 3.38. The second kappa shape index (κ2) is 11.7. The molecule has 0 aliphatic carbocycles. The van der Waals surface area contributed by atoms with Gasteiger partial charge in [-0.1, -0.05) is 0 Å². The van der Waals surface area contributed by atoms with Crippen molar-refractivity contribution in [3.8, 4) is 17.6 Å². The smallest absolute Gasteiger partial charge is 0.274 e. The number of nitro groups is 1. The lowest BCUT2D eigenvalue weighted by Crippen LogP contribution is -2.19. The number of nitriles is 1. The third-order valence-electron chi connectivity index (χ3n) is 4.62. The summed E-state index contributed by atoms with van der Waals surface area (Å²) in [5, 5.41) is 23.5. The molecule has 3 aromatic carbocycles. The number of non-ortho nitro benzene ring substituents is 1. The summed E-state index contributed by atoms with van der Waals surface area (Å²) in [5.74, 6) is -0.750. The average molecular weight is 541 g/mol. The molecule has 35 heavy (non-hydrogen) atoms. The van der Waals surface area contributed by atoms with Crippen LogP contribution in [0.3, 0.4) is 0 Å². The van der Waals surface area contributed by atoms with E-state index in [-0.39, 0.29) is 23.4 Å². The third-order valence-corrected chi connectivity index (χ3v) is 5.30. The van der Waals surface area contributed by atoms with E-state index in [1.165, 1.54) is 30.5 Å². The molecule has 0 heterocycles. The summed E-state index contributed by atoms with van der Waals surface area (Å²) >= 11 is 3.42. The molecule has 9 nitrogen and oxygen atoms in total. The summed E-state index contributed by atoms with van der Waals surface area (Å²) in [7, 11) is 0. The van der Waals surface area contributed by atoms with Crippen LogP contribution in [0.1, 0.15) is 34.0 Å². The zero-order chi connectivity index (χ0) is 25.4. The van der Waals surface area contributed by atoms with E-state index < -0.39 is 16.6 Å². The largest absolute Gasteiger partial charge is 0.490 e. The molecular weight excluding hydrogens is 523 g/mol. The number of amides is 1. The van der Waals surface area contributed by atoms with Gasteiger partial charge < -0.3 is 9.47 Å². The molecule has 178 valence electrons. The van der Waals surface area contributed by atoms with Gasteiger partial charge in [-0.3, -0.25) is 14.9 Å². The number of carbonyl (C=O) groups excluding carboxylic acids is 1. The monoisotopic (exact) mass is 540 g/mol. The quantitative estimate of drug-likeness (QED) is 0.228. The van der Waals surface area contributed by atoms with Gasteiger partial charge in [0, 0.05) is 22.2 Å².